The molecule has 0 atom stereocenters. The fourth-order valence-corrected chi connectivity index (χ4v) is 1.88. The Balaban J connectivity index is 0.00000400. The van der Waals surface area contributed by atoms with Gasteiger partial charge in [-0.15, -0.1) is 24.0 Å². The molecule has 0 aliphatic carbocycles. The van der Waals surface area contributed by atoms with Gasteiger partial charge in [-0.2, -0.15) is 8.78 Å². The van der Waals surface area contributed by atoms with E-state index in [1.165, 1.54) is 0 Å². The van der Waals surface area contributed by atoms with Crippen LogP contribution < -0.4 is 4.74 Å². The predicted octanol–water partition coefficient (Wildman–Crippen LogP) is 2.93. The minimum Gasteiger partial charge on any atom is -0.435 e. The van der Waals surface area contributed by atoms with Gasteiger partial charge < -0.3 is 14.5 Å². The molecule has 0 amide bonds. The van der Waals surface area contributed by atoms with E-state index in [0.717, 1.165) is 11.5 Å². The van der Waals surface area contributed by atoms with Gasteiger partial charge in [0.1, 0.15) is 5.75 Å². The van der Waals surface area contributed by atoms with E-state index in [0.29, 0.717) is 13.0 Å². The van der Waals surface area contributed by atoms with Gasteiger partial charge in [0, 0.05) is 34.7 Å². The molecule has 1 rings (SSSR count). The standard InChI is InChI=1S/C14H21F2N3O.HI/c1-18(2)14(19(3)4)17-10-9-11-7-5-6-8-12(11)20-13(15)16;/h5-8,13H,9-10H2,1-4H3;1H. The third kappa shape index (κ3) is 6.92. The van der Waals surface area contributed by atoms with Gasteiger partial charge in [0.15, 0.2) is 5.96 Å². The summed E-state index contributed by atoms with van der Waals surface area (Å²) in [5.41, 5.74) is 0.730. The van der Waals surface area contributed by atoms with Crippen molar-refractivity contribution in [3.63, 3.8) is 0 Å². The van der Waals surface area contributed by atoms with Gasteiger partial charge in [0.25, 0.3) is 0 Å². The van der Waals surface area contributed by atoms with Crippen LogP contribution in [0, 0.1) is 0 Å². The molecule has 0 aromatic heterocycles. The normalized spacial score (nSPS) is 9.86. The SMILES string of the molecule is CN(C)C(=NCCc1ccccc1OC(F)F)N(C)C.I. The molecule has 7 heteroatoms. The molecule has 0 heterocycles. The van der Waals surface area contributed by atoms with E-state index in [1.54, 1.807) is 24.3 Å². The van der Waals surface area contributed by atoms with Crippen molar-refractivity contribution in [2.45, 2.75) is 13.0 Å². The van der Waals surface area contributed by atoms with Crippen molar-refractivity contribution >= 4 is 29.9 Å². The molecule has 0 fully saturated rings. The Kier molecular flexibility index (Phi) is 9.23. The monoisotopic (exact) mass is 413 g/mol. The van der Waals surface area contributed by atoms with Crippen LogP contribution in [0.1, 0.15) is 5.56 Å². The first-order chi connectivity index (χ1) is 9.41. The summed E-state index contributed by atoms with van der Waals surface area (Å²) >= 11 is 0. The zero-order valence-corrected chi connectivity index (χ0v) is 15.0. The first-order valence-corrected chi connectivity index (χ1v) is 6.33. The number of para-hydroxylation sites is 1. The quantitative estimate of drug-likeness (QED) is 0.422. The van der Waals surface area contributed by atoms with Crippen molar-refractivity contribution in [3.05, 3.63) is 29.8 Å². The smallest absolute Gasteiger partial charge is 0.387 e. The van der Waals surface area contributed by atoms with E-state index in [9.17, 15) is 8.78 Å². The van der Waals surface area contributed by atoms with E-state index in [-0.39, 0.29) is 29.7 Å². The van der Waals surface area contributed by atoms with E-state index >= 15 is 0 Å². The molecule has 4 nitrogen and oxygen atoms in total. The first kappa shape index (κ1) is 19.9. The van der Waals surface area contributed by atoms with Crippen LogP contribution in [0.15, 0.2) is 29.3 Å². The summed E-state index contributed by atoms with van der Waals surface area (Å²) in [6.07, 6.45) is 0.550. The van der Waals surface area contributed by atoms with Crippen molar-refractivity contribution in [2.24, 2.45) is 4.99 Å². The van der Waals surface area contributed by atoms with Gasteiger partial charge in [-0.1, -0.05) is 18.2 Å². The molecule has 0 bridgehead atoms. The summed E-state index contributed by atoms with van der Waals surface area (Å²) in [6.45, 7) is -2.30. The molecule has 0 unspecified atom stereocenters. The van der Waals surface area contributed by atoms with Gasteiger partial charge in [-0.3, -0.25) is 4.99 Å². The molecule has 0 aliphatic heterocycles. The molecule has 0 N–H and O–H groups in total. The highest BCUT2D eigenvalue weighted by atomic mass is 127. The van der Waals surface area contributed by atoms with Crippen molar-refractivity contribution < 1.29 is 13.5 Å². The van der Waals surface area contributed by atoms with Gasteiger partial charge in [0.05, 0.1) is 0 Å². The fraction of sp³-hybridized carbons (Fsp3) is 0.500. The van der Waals surface area contributed by atoms with Crippen LogP contribution in [0.3, 0.4) is 0 Å². The van der Waals surface area contributed by atoms with Crippen LogP contribution in [-0.4, -0.2) is 57.1 Å². The Morgan fingerprint density at radius 1 is 1.14 bits per heavy atom. The highest BCUT2D eigenvalue weighted by Gasteiger charge is 2.09. The van der Waals surface area contributed by atoms with E-state index in [4.69, 9.17) is 0 Å². The van der Waals surface area contributed by atoms with Crippen molar-refractivity contribution in [1.29, 1.82) is 0 Å². The number of nitrogens with zero attached hydrogens (tertiary/aromatic N) is 3. The highest BCUT2D eigenvalue weighted by molar-refractivity contribution is 14.0. The number of ether oxygens (including phenoxy) is 1. The first-order valence-electron chi connectivity index (χ1n) is 6.33. The zero-order chi connectivity index (χ0) is 15.1. The third-order valence-corrected chi connectivity index (χ3v) is 2.62. The molecule has 0 saturated heterocycles. The van der Waals surface area contributed by atoms with Crippen LogP contribution in [0.25, 0.3) is 0 Å². The number of alkyl halides is 2. The van der Waals surface area contributed by atoms with E-state index in [2.05, 4.69) is 9.73 Å². The summed E-state index contributed by atoms with van der Waals surface area (Å²) in [5.74, 6) is 1.05. The summed E-state index contributed by atoms with van der Waals surface area (Å²) in [7, 11) is 7.64. The topological polar surface area (TPSA) is 28.1 Å². The molecule has 21 heavy (non-hydrogen) atoms. The lowest BCUT2D eigenvalue weighted by Crippen LogP contribution is -2.35. The average molecular weight is 413 g/mol. The number of aliphatic imine (C=N–C) groups is 1. The lowest BCUT2D eigenvalue weighted by molar-refractivity contribution is -0.0504. The molecule has 0 saturated carbocycles. The van der Waals surface area contributed by atoms with Crippen molar-refractivity contribution in [2.75, 3.05) is 34.7 Å². The highest BCUT2D eigenvalue weighted by Crippen LogP contribution is 2.20. The second-order valence-electron chi connectivity index (χ2n) is 4.71. The van der Waals surface area contributed by atoms with Gasteiger partial charge >= 0.3 is 6.61 Å². The molecule has 0 radical (unpaired) electrons. The Morgan fingerprint density at radius 2 is 1.71 bits per heavy atom. The zero-order valence-electron chi connectivity index (χ0n) is 12.7. The van der Waals surface area contributed by atoms with E-state index in [1.807, 2.05) is 38.0 Å². The lowest BCUT2D eigenvalue weighted by atomic mass is 10.1. The van der Waals surface area contributed by atoms with Crippen LogP contribution in [0.2, 0.25) is 0 Å². The molecule has 0 aliphatic rings. The van der Waals surface area contributed by atoms with Crippen molar-refractivity contribution in [1.82, 2.24) is 9.80 Å². The maximum absolute atomic E-state index is 12.3. The Hall–Kier alpha value is -1.12. The number of guanidine groups is 1. The second-order valence-corrected chi connectivity index (χ2v) is 4.71. The Bertz CT molecular complexity index is 444. The summed E-state index contributed by atoms with van der Waals surface area (Å²) in [4.78, 5) is 8.27. The Morgan fingerprint density at radius 3 is 2.24 bits per heavy atom. The van der Waals surface area contributed by atoms with Crippen LogP contribution in [-0.2, 0) is 6.42 Å². The molecule has 0 spiro atoms. The van der Waals surface area contributed by atoms with Gasteiger partial charge in [0.2, 0.25) is 0 Å². The third-order valence-electron chi connectivity index (χ3n) is 2.62. The maximum Gasteiger partial charge on any atom is 0.387 e. The van der Waals surface area contributed by atoms with Crippen molar-refractivity contribution in [3.8, 4) is 5.75 Å². The number of hydrogen-bond acceptors (Lipinski definition) is 2. The second kappa shape index (κ2) is 9.75. The largest absolute Gasteiger partial charge is 0.435 e. The van der Waals surface area contributed by atoms with Gasteiger partial charge in [-0.25, -0.2) is 0 Å². The molecule has 1 aromatic carbocycles. The van der Waals surface area contributed by atoms with E-state index < -0.39 is 6.61 Å². The summed E-state index contributed by atoms with van der Waals surface area (Å²) in [6, 6.07) is 6.80. The molecular formula is C14H22F2IN3O. The molecular weight excluding hydrogens is 391 g/mol. The Labute approximate surface area is 141 Å². The summed E-state index contributed by atoms with van der Waals surface area (Å²) in [5, 5.41) is 0. The van der Waals surface area contributed by atoms with Gasteiger partial charge in [-0.05, 0) is 18.1 Å². The average Bonchev–Trinajstić information content (AvgIpc) is 2.34. The number of rotatable bonds is 5. The number of hydrogen-bond donors (Lipinski definition) is 0. The predicted molar refractivity (Wildman–Crippen MR) is 91.9 cm³/mol. The number of halogens is 3. The maximum atomic E-state index is 12.3. The van der Waals surface area contributed by atoms with Crippen LogP contribution in [0.5, 0.6) is 5.75 Å². The molecule has 1 aromatic rings. The number of benzene rings is 1. The summed E-state index contributed by atoms with van der Waals surface area (Å²) < 4.78 is 29.1. The van der Waals surface area contributed by atoms with Crippen LogP contribution in [0.4, 0.5) is 8.78 Å². The lowest BCUT2D eigenvalue weighted by Gasteiger charge is -2.22. The van der Waals surface area contributed by atoms with Crippen LogP contribution >= 0.6 is 24.0 Å². The minimum absolute atomic E-state index is 0. The molecule has 120 valence electrons. The fourth-order valence-electron chi connectivity index (χ4n) is 1.88. The minimum atomic E-state index is -2.81.